The normalized spacial score (nSPS) is 18.6. The number of likely N-dealkylation sites (tertiary alicyclic amines) is 1. The number of carbonyl (C=O) groups excluding carboxylic acids is 2. The van der Waals surface area contributed by atoms with Gasteiger partial charge < -0.3 is 15.4 Å². The van der Waals surface area contributed by atoms with Gasteiger partial charge in [0.25, 0.3) is 5.91 Å². The number of rotatable bonds is 4. The highest BCUT2D eigenvalue weighted by Gasteiger charge is 2.26. The smallest absolute Gasteiger partial charge is 0.260 e. The number of hydrogen-bond acceptors (Lipinski definition) is 3. The highest BCUT2D eigenvalue weighted by atomic mass is 127. The minimum Gasteiger partial charge on any atom is -0.484 e. The molecule has 0 radical (unpaired) electrons. The van der Waals surface area contributed by atoms with Gasteiger partial charge >= 0.3 is 0 Å². The lowest BCUT2D eigenvalue weighted by Gasteiger charge is -2.31. The second-order valence-corrected chi connectivity index (χ2v) is 6.07. The number of primary amides is 1. The van der Waals surface area contributed by atoms with Gasteiger partial charge in [-0.1, -0.05) is 6.07 Å². The van der Waals surface area contributed by atoms with Crippen LogP contribution in [0.15, 0.2) is 24.3 Å². The number of amides is 2. The van der Waals surface area contributed by atoms with E-state index >= 15 is 0 Å². The largest absolute Gasteiger partial charge is 0.484 e. The third-order valence-corrected chi connectivity index (χ3v) is 4.01. The van der Waals surface area contributed by atoms with Crippen LogP contribution in [0.2, 0.25) is 0 Å². The molecule has 6 heteroatoms. The quantitative estimate of drug-likeness (QED) is 0.793. The minimum absolute atomic E-state index is 0.00836. The van der Waals surface area contributed by atoms with Crippen LogP contribution in [0.4, 0.5) is 0 Å². The van der Waals surface area contributed by atoms with E-state index in [2.05, 4.69) is 22.6 Å². The summed E-state index contributed by atoms with van der Waals surface area (Å²) in [6.07, 6.45) is 1.57. The number of halogens is 1. The number of piperidine rings is 1. The molecule has 1 aliphatic heterocycles. The Morgan fingerprint density at radius 3 is 2.95 bits per heavy atom. The number of nitrogens with zero attached hydrogens (tertiary/aromatic N) is 1. The second kappa shape index (κ2) is 6.92. The van der Waals surface area contributed by atoms with Gasteiger partial charge in [-0.05, 0) is 53.6 Å². The van der Waals surface area contributed by atoms with Gasteiger partial charge in [0.1, 0.15) is 5.75 Å². The first-order valence-corrected chi connectivity index (χ1v) is 7.59. The summed E-state index contributed by atoms with van der Waals surface area (Å²) in [5.41, 5.74) is 5.30. The van der Waals surface area contributed by atoms with Gasteiger partial charge in [0.05, 0.1) is 5.92 Å². The molecule has 5 nitrogen and oxygen atoms in total. The molecule has 20 heavy (non-hydrogen) atoms. The molecule has 2 N–H and O–H groups in total. The summed E-state index contributed by atoms with van der Waals surface area (Å²) in [5, 5.41) is 0. The first kappa shape index (κ1) is 15.1. The summed E-state index contributed by atoms with van der Waals surface area (Å²) in [6, 6.07) is 7.52. The predicted molar refractivity (Wildman–Crippen MR) is 83.2 cm³/mol. The third kappa shape index (κ3) is 4.09. The molecule has 0 bridgehead atoms. The number of ether oxygens (including phenoxy) is 1. The van der Waals surface area contributed by atoms with E-state index in [0.717, 1.165) is 16.4 Å². The van der Waals surface area contributed by atoms with E-state index in [0.29, 0.717) is 18.8 Å². The van der Waals surface area contributed by atoms with Crippen LogP contribution >= 0.6 is 22.6 Å². The van der Waals surface area contributed by atoms with Crippen molar-refractivity contribution in [1.29, 1.82) is 0 Å². The van der Waals surface area contributed by atoms with Gasteiger partial charge in [0.15, 0.2) is 6.61 Å². The van der Waals surface area contributed by atoms with Crippen molar-refractivity contribution in [2.45, 2.75) is 12.8 Å². The van der Waals surface area contributed by atoms with Gasteiger partial charge in [-0.3, -0.25) is 9.59 Å². The molecule has 1 fully saturated rings. The highest BCUT2D eigenvalue weighted by Crippen LogP contribution is 2.17. The molecule has 1 atom stereocenters. The van der Waals surface area contributed by atoms with Crippen LogP contribution in [0.25, 0.3) is 0 Å². The summed E-state index contributed by atoms with van der Waals surface area (Å²) >= 11 is 2.19. The minimum atomic E-state index is -0.332. The average molecular weight is 388 g/mol. The maximum atomic E-state index is 12.1. The Hall–Kier alpha value is -1.31. The van der Waals surface area contributed by atoms with Gasteiger partial charge in [0.2, 0.25) is 5.91 Å². The SMILES string of the molecule is NC(=O)C1CCCN(C(=O)COc2cccc(I)c2)C1. The molecule has 0 saturated carbocycles. The van der Waals surface area contributed by atoms with Gasteiger partial charge in [0, 0.05) is 16.7 Å². The third-order valence-electron chi connectivity index (χ3n) is 3.33. The number of hydrogen-bond donors (Lipinski definition) is 1. The molecule has 108 valence electrons. The van der Waals surface area contributed by atoms with Crippen LogP contribution in [0, 0.1) is 9.49 Å². The molecule has 0 spiro atoms. The number of nitrogens with two attached hydrogens (primary N) is 1. The maximum Gasteiger partial charge on any atom is 0.260 e. The standard InChI is InChI=1S/C14H17IN2O3/c15-11-4-1-5-12(7-11)20-9-13(18)17-6-2-3-10(8-17)14(16)19/h1,4-5,7,10H,2-3,6,8-9H2,(H2,16,19). The Kier molecular flexibility index (Phi) is 5.22. The molecule has 1 aliphatic rings. The van der Waals surface area contributed by atoms with E-state index in [1.54, 1.807) is 4.90 Å². The summed E-state index contributed by atoms with van der Waals surface area (Å²) in [7, 11) is 0. The van der Waals surface area contributed by atoms with Crippen molar-refractivity contribution in [1.82, 2.24) is 4.90 Å². The van der Waals surface area contributed by atoms with E-state index < -0.39 is 0 Å². The Morgan fingerprint density at radius 1 is 1.45 bits per heavy atom. The fourth-order valence-corrected chi connectivity index (χ4v) is 2.74. The van der Waals surface area contributed by atoms with Gasteiger partial charge in [-0.25, -0.2) is 0 Å². The van der Waals surface area contributed by atoms with Crippen molar-refractivity contribution in [3.05, 3.63) is 27.8 Å². The first-order valence-electron chi connectivity index (χ1n) is 6.51. The summed E-state index contributed by atoms with van der Waals surface area (Å²) in [4.78, 5) is 24.9. The van der Waals surface area contributed by atoms with Gasteiger partial charge in [-0.2, -0.15) is 0 Å². The van der Waals surface area contributed by atoms with Crippen LogP contribution in [-0.2, 0) is 9.59 Å². The zero-order valence-corrected chi connectivity index (χ0v) is 13.2. The molecule has 2 rings (SSSR count). The zero-order valence-electron chi connectivity index (χ0n) is 11.0. The van der Waals surface area contributed by atoms with E-state index in [9.17, 15) is 9.59 Å². The lowest BCUT2D eigenvalue weighted by atomic mass is 9.97. The van der Waals surface area contributed by atoms with Crippen molar-refractivity contribution < 1.29 is 14.3 Å². The van der Waals surface area contributed by atoms with Crippen molar-refractivity contribution in [3.8, 4) is 5.75 Å². The first-order chi connectivity index (χ1) is 9.56. The van der Waals surface area contributed by atoms with Crippen molar-refractivity contribution in [3.63, 3.8) is 0 Å². The maximum absolute atomic E-state index is 12.1. The number of benzene rings is 1. The van der Waals surface area contributed by atoms with Crippen LogP contribution in [0.3, 0.4) is 0 Å². The zero-order chi connectivity index (χ0) is 14.5. The van der Waals surface area contributed by atoms with Crippen LogP contribution in [0.5, 0.6) is 5.75 Å². The van der Waals surface area contributed by atoms with E-state index in [1.165, 1.54) is 0 Å². The Bertz CT molecular complexity index is 507. The highest BCUT2D eigenvalue weighted by molar-refractivity contribution is 14.1. The molecular weight excluding hydrogens is 371 g/mol. The average Bonchev–Trinajstić information content (AvgIpc) is 2.45. The molecule has 1 aromatic carbocycles. The molecule has 1 saturated heterocycles. The number of carbonyl (C=O) groups is 2. The Morgan fingerprint density at radius 2 is 2.25 bits per heavy atom. The molecule has 1 heterocycles. The molecule has 0 aromatic heterocycles. The predicted octanol–water partition coefficient (Wildman–Crippen LogP) is 1.39. The summed E-state index contributed by atoms with van der Waals surface area (Å²) in [5.74, 6) is 0.00919. The van der Waals surface area contributed by atoms with Gasteiger partial charge in [-0.15, -0.1) is 0 Å². The summed E-state index contributed by atoms with van der Waals surface area (Å²) in [6.45, 7) is 1.06. The lowest BCUT2D eigenvalue weighted by molar-refractivity contribution is -0.136. The van der Waals surface area contributed by atoms with Crippen LogP contribution in [-0.4, -0.2) is 36.4 Å². The molecule has 1 aromatic rings. The van der Waals surface area contributed by atoms with Crippen LogP contribution in [0.1, 0.15) is 12.8 Å². The Balaban J connectivity index is 1.87. The van der Waals surface area contributed by atoms with E-state index in [-0.39, 0.29) is 24.3 Å². The van der Waals surface area contributed by atoms with Crippen molar-refractivity contribution in [2.75, 3.05) is 19.7 Å². The Labute approximate surface area is 131 Å². The fourth-order valence-electron chi connectivity index (χ4n) is 2.23. The van der Waals surface area contributed by atoms with E-state index in [4.69, 9.17) is 10.5 Å². The summed E-state index contributed by atoms with van der Waals surface area (Å²) < 4.78 is 6.54. The molecule has 1 unspecified atom stereocenters. The molecular formula is C14H17IN2O3. The second-order valence-electron chi connectivity index (χ2n) is 4.83. The molecule has 0 aliphatic carbocycles. The molecule has 2 amide bonds. The topological polar surface area (TPSA) is 72.6 Å². The van der Waals surface area contributed by atoms with Crippen molar-refractivity contribution >= 4 is 34.4 Å². The monoisotopic (exact) mass is 388 g/mol. The fraction of sp³-hybridized carbons (Fsp3) is 0.429. The van der Waals surface area contributed by atoms with E-state index in [1.807, 2.05) is 24.3 Å². The van der Waals surface area contributed by atoms with Crippen molar-refractivity contribution in [2.24, 2.45) is 11.7 Å². The van der Waals surface area contributed by atoms with Crippen LogP contribution < -0.4 is 10.5 Å². The lowest BCUT2D eigenvalue weighted by Crippen LogP contribution is -2.45.